The number of methoxy groups -OCH3 is 1. The molecule has 1 saturated heterocycles. The zero-order valence-electron chi connectivity index (χ0n) is 16.0. The van der Waals surface area contributed by atoms with Gasteiger partial charge in [-0.15, -0.1) is 0 Å². The average Bonchev–Trinajstić information content (AvgIpc) is 2.75. The number of hydrogen-bond donors (Lipinski definition) is 0. The first-order valence-corrected chi connectivity index (χ1v) is 9.27. The van der Waals surface area contributed by atoms with Crippen LogP contribution in [0.3, 0.4) is 0 Å². The molecule has 146 valence electrons. The molecule has 8 nitrogen and oxygen atoms in total. The predicted molar refractivity (Wildman–Crippen MR) is 106 cm³/mol. The van der Waals surface area contributed by atoms with Gasteiger partial charge < -0.3 is 14.5 Å². The maximum atomic E-state index is 13.0. The van der Waals surface area contributed by atoms with E-state index >= 15 is 0 Å². The molecular formula is C20H24N6O2. The second kappa shape index (κ2) is 9.67. The summed E-state index contributed by atoms with van der Waals surface area (Å²) in [6, 6.07) is 11.3. The number of nitrogens with zero attached hydrogens (tertiary/aromatic N) is 6. The Labute approximate surface area is 165 Å². The summed E-state index contributed by atoms with van der Waals surface area (Å²) in [5.41, 5.74) is 0.696. The highest BCUT2D eigenvalue weighted by molar-refractivity contribution is 5.96. The molecule has 1 aromatic heterocycles. The van der Waals surface area contributed by atoms with Crippen molar-refractivity contribution in [1.82, 2.24) is 14.9 Å². The highest BCUT2D eigenvalue weighted by Crippen LogP contribution is 2.28. The van der Waals surface area contributed by atoms with Crippen molar-refractivity contribution in [2.24, 2.45) is 0 Å². The van der Waals surface area contributed by atoms with Crippen molar-refractivity contribution in [3.8, 4) is 11.8 Å². The maximum absolute atomic E-state index is 13.0. The number of carbonyl (C=O) groups is 1. The molecule has 0 unspecified atom stereocenters. The second-order valence-electron chi connectivity index (χ2n) is 6.44. The highest BCUT2D eigenvalue weighted by atomic mass is 16.5. The van der Waals surface area contributed by atoms with Crippen LogP contribution in [-0.4, -0.2) is 67.2 Å². The molecular weight excluding hydrogens is 356 g/mol. The zero-order valence-corrected chi connectivity index (χ0v) is 16.0. The topological polar surface area (TPSA) is 85.6 Å². The molecule has 28 heavy (non-hydrogen) atoms. The number of anilines is 2. The Morgan fingerprint density at radius 3 is 2.57 bits per heavy atom. The van der Waals surface area contributed by atoms with E-state index < -0.39 is 0 Å². The minimum Gasteiger partial charge on any atom is -0.495 e. The number of ether oxygens (including phenoxy) is 1. The van der Waals surface area contributed by atoms with Crippen LogP contribution >= 0.6 is 0 Å². The molecule has 1 fully saturated rings. The number of piperazine rings is 1. The van der Waals surface area contributed by atoms with Crippen molar-refractivity contribution in [2.45, 2.75) is 6.42 Å². The lowest BCUT2D eigenvalue weighted by Gasteiger charge is -2.35. The molecule has 0 saturated carbocycles. The third kappa shape index (κ3) is 4.75. The van der Waals surface area contributed by atoms with Gasteiger partial charge in [0.05, 0.1) is 31.8 Å². The van der Waals surface area contributed by atoms with Gasteiger partial charge >= 0.3 is 0 Å². The van der Waals surface area contributed by atoms with Crippen molar-refractivity contribution in [1.29, 1.82) is 5.26 Å². The number of nitriles is 1. The molecule has 2 heterocycles. The van der Waals surface area contributed by atoms with Crippen molar-refractivity contribution in [3.63, 3.8) is 0 Å². The number of amides is 1. The van der Waals surface area contributed by atoms with E-state index in [-0.39, 0.29) is 12.3 Å². The van der Waals surface area contributed by atoms with Gasteiger partial charge in [0.2, 0.25) is 11.9 Å². The number of hydrogen-bond acceptors (Lipinski definition) is 7. The Morgan fingerprint density at radius 2 is 1.89 bits per heavy atom. The van der Waals surface area contributed by atoms with E-state index in [0.717, 1.165) is 32.1 Å². The largest absolute Gasteiger partial charge is 0.495 e. The van der Waals surface area contributed by atoms with Crippen molar-refractivity contribution in [2.75, 3.05) is 56.2 Å². The van der Waals surface area contributed by atoms with Crippen LogP contribution in [0, 0.1) is 11.3 Å². The highest BCUT2D eigenvalue weighted by Gasteiger charge is 2.24. The summed E-state index contributed by atoms with van der Waals surface area (Å²) in [4.78, 5) is 27.5. The van der Waals surface area contributed by atoms with E-state index in [9.17, 15) is 4.79 Å². The van der Waals surface area contributed by atoms with E-state index in [1.165, 1.54) is 0 Å². The zero-order chi connectivity index (χ0) is 19.8. The molecule has 3 rings (SSSR count). The van der Waals surface area contributed by atoms with Gasteiger partial charge in [-0.05, 0) is 18.2 Å². The molecule has 1 aliphatic heterocycles. The normalized spacial score (nSPS) is 14.4. The molecule has 0 radical (unpaired) electrons. The number of benzene rings is 1. The Morgan fingerprint density at radius 1 is 1.18 bits per heavy atom. The van der Waals surface area contributed by atoms with Crippen LogP contribution < -0.4 is 14.5 Å². The Kier molecular flexibility index (Phi) is 6.76. The van der Waals surface area contributed by atoms with Crippen LogP contribution in [0.5, 0.6) is 5.75 Å². The average molecular weight is 380 g/mol. The summed E-state index contributed by atoms with van der Waals surface area (Å²) in [5, 5.41) is 8.98. The van der Waals surface area contributed by atoms with Crippen LogP contribution in [0.2, 0.25) is 0 Å². The van der Waals surface area contributed by atoms with Gasteiger partial charge in [-0.1, -0.05) is 12.1 Å². The Hall–Kier alpha value is -3.18. The summed E-state index contributed by atoms with van der Waals surface area (Å²) in [5.74, 6) is 1.31. The van der Waals surface area contributed by atoms with E-state index in [0.29, 0.717) is 24.5 Å². The van der Waals surface area contributed by atoms with Crippen LogP contribution in [0.1, 0.15) is 6.42 Å². The fourth-order valence-electron chi connectivity index (χ4n) is 3.23. The van der Waals surface area contributed by atoms with Crippen LogP contribution in [0.25, 0.3) is 0 Å². The molecule has 2 aromatic rings. The van der Waals surface area contributed by atoms with E-state index in [1.54, 1.807) is 30.5 Å². The maximum Gasteiger partial charge on any atom is 0.241 e. The summed E-state index contributed by atoms with van der Waals surface area (Å²) in [6.45, 7) is 3.68. The summed E-state index contributed by atoms with van der Waals surface area (Å²) >= 11 is 0. The molecule has 8 heteroatoms. The third-order valence-electron chi connectivity index (χ3n) is 4.69. The number of aromatic nitrogens is 2. The lowest BCUT2D eigenvalue weighted by molar-refractivity contribution is -0.119. The van der Waals surface area contributed by atoms with Gasteiger partial charge in [-0.25, -0.2) is 9.97 Å². The molecule has 0 aliphatic carbocycles. The van der Waals surface area contributed by atoms with Crippen LogP contribution in [-0.2, 0) is 4.79 Å². The molecule has 0 N–H and O–H groups in total. The summed E-state index contributed by atoms with van der Waals surface area (Å²) < 4.78 is 5.40. The minimum absolute atomic E-state index is 0.0378. The van der Waals surface area contributed by atoms with Crippen molar-refractivity contribution < 1.29 is 9.53 Å². The quantitative estimate of drug-likeness (QED) is 0.720. The van der Waals surface area contributed by atoms with Gasteiger partial charge in [0.15, 0.2) is 0 Å². The SMILES string of the molecule is COc1ccccc1N(CCC#N)C(=O)CN1CCN(c2ncccn2)CC1. The standard InChI is InChI=1S/C20H24N6O2/c1-28-18-7-3-2-6-17(18)26(11-4-8-21)19(27)16-24-12-14-25(15-13-24)20-22-9-5-10-23-20/h2-3,5-7,9-10H,4,11-16H2,1H3. The second-order valence-corrected chi connectivity index (χ2v) is 6.44. The van der Waals surface area contributed by atoms with Gasteiger partial charge in [-0.2, -0.15) is 5.26 Å². The van der Waals surface area contributed by atoms with E-state index in [1.807, 2.05) is 24.3 Å². The first-order valence-electron chi connectivity index (χ1n) is 9.27. The van der Waals surface area contributed by atoms with Crippen molar-refractivity contribution in [3.05, 3.63) is 42.7 Å². The van der Waals surface area contributed by atoms with Crippen LogP contribution in [0.4, 0.5) is 11.6 Å². The molecule has 1 aliphatic rings. The Balaban J connectivity index is 1.63. The number of rotatable bonds is 7. The van der Waals surface area contributed by atoms with E-state index in [2.05, 4.69) is 25.8 Å². The minimum atomic E-state index is -0.0378. The molecule has 0 bridgehead atoms. The van der Waals surface area contributed by atoms with E-state index in [4.69, 9.17) is 10.00 Å². The summed E-state index contributed by atoms with van der Waals surface area (Å²) in [6.07, 6.45) is 3.74. The lowest BCUT2D eigenvalue weighted by atomic mass is 10.2. The first-order chi connectivity index (χ1) is 13.7. The van der Waals surface area contributed by atoms with Crippen LogP contribution in [0.15, 0.2) is 42.7 Å². The predicted octanol–water partition coefficient (Wildman–Crippen LogP) is 1.55. The molecule has 0 atom stereocenters. The number of para-hydroxylation sites is 2. The molecule has 0 spiro atoms. The van der Waals surface area contributed by atoms with Crippen molar-refractivity contribution >= 4 is 17.5 Å². The Bertz CT molecular complexity index is 815. The number of carbonyl (C=O) groups excluding carboxylic acids is 1. The van der Waals surface area contributed by atoms with Gasteiger partial charge in [-0.3, -0.25) is 9.69 Å². The van der Waals surface area contributed by atoms with Gasteiger partial charge in [0.1, 0.15) is 5.75 Å². The molecule has 1 amide bonds. The fraction of sp³-hybridized carbons (Fsp3) is 0.400. The smallest absolute Gasteiger partial charge is 0.241 e. The van der Waals surface area contributed by atoms with Gasteiger partial charge in [0, 0.05) is 45.1 Å². The lowest BCUT2D eigenvalue weighted by Crippen LogP contribution is -2.50. The fourth-order valence-corrected chi connectivity index (χ4v) is 3.23. The van der Waals surface area contributed by atoms with Gasteiger partial charge in [0.25, 0.3) is 0 Å². The third-order valence-corrected chi connectivity index (χ3v) is 4.69. The summed E-state index contributed by atoms with van der Waals surface area (Å²) in [7, 11) is 1.58. The molecule has 1 aromatic carbocycles. The first kappa shape index (κ1) is 19.6. The monoisotopic (exact) mass is 380 g/mol.